The molecule has 0 fully saturated rings. The minimum atomic E-state index is 0.187. The van der Waals surface area contributed by atoms with Gasteiger partial charge in [-0.15, -0.1) is 0 Å². The summed E-state index contributed by atoms with van der Waals surface area (Å²) in [5.41, 5.74) is 5.98. The first kappa shape index (κ1) is 8.07. The number of nitrogens with zero attached hydrogens (tertiary/aromatic N) is 1. The highest BCUT2D eigenvalue weighted by atomic mass is 16.5. The van der Waals surface area contributed by atoms with Crippen LogP contribution >= 0.6 is 0 Å². The summed E-state index contributed by atoms with van der Waals surface area (Å²) in [6, 6.07) is 0.187. The SMILES string of the molecule is CC(C)OCc1coc(N)n1. The fourth-order valence-electron chi connectivity index (χ4n) is 0.641. The molecule has 0 saturated carbocycles. The first-order valence-corrected chi connectivity index (χ1v) is 3.50. The van der Waals surface area contributed by atoms with E-state index in [0.29, 0.717) is 6.61 Å². The quantitative estimate of drug-likeness (QED) is 0.713. The van der Waals surface area contributed by atoms with Crippen molar-refractivity contribution in [3.05, 3.63) is 12.0 Å². The van der Waals surface area contributed by atoms with Gasteiger partial charge in [-0.05, 0) is 13.8 Å². The van der Waals surface area contributed by atoms with Crippen LogP contribution < -0.4 is 5.73 Å². The van der Waals surface area contributed by atoms with Gasteiger partial charge in [0.25, 0.3) is 6.01 Å². The van der Waals surface area contributed by atoms with Gasteiger partial charge < -0.3 is 14.9 Å². The minimum Gasteiger partial charge on any atom is -0.432 e. The van der Waals surface area contributed by atoms with Crippen LogP contribution in [-0.2, 0) is 11.3 Å². The van der Waals surface area contributed by atoms with E-state index in [1.54, 1.807) is 0 Å². The summed E-state index contributed by atoms with van der Waals surface area (Å²) in [6.45, 7) is 4.38. The Bertz CT molecular complexity index is 220. The lowest BCUT2D eigenvalue weighted by atomic mass is 10.4. The van der Waals surface area contributed by atoms with Crippen molar-refractivity contribution in [2.75, 3.05) is 5.73 Å². The molecule has 0 radical (unpaired) electrons. The van der Waals surface area contributed by atoms with Crippen LogP contribution in [0.25, 0.3) is 0 Å². The van der Waals surface area contributed by atoms with E-state index in [1.807, 2.05) is 13.8 Å². The van der Waals surface area contributed by atoms with Crippen LogP contribution in [0.5, 0.6) is 0 Å². The van der Waals surface area contributed by atoms with Gasteiger partial charge in [0, 0.05) is 0 Å². The molecular weight excluding hydrogens is 144 g/mol. The van der Waals surface area contributed by atoms with Crippen LogP contribution in [0.4, 0.5) is 6.01 Å². The van der Waals surface area contributed by atoms with Crippen molar-refractivity contribution >= 4 is 6.01 Å². The lowest BCUT2D eigenvalue weighted by Crippen LogP contribution is -2.02. The van der Waals surface area contributed by atoms with Gasteiger partial charge in [-0.2, -0.15) is 4.98 Å². The molecule has 4 heteroatoms. The second-order valence-corrected chi connectivity index (χ2v) is 2.54. The van der Waals surface area contributed by atoms with Crippen LogP contribution in [-0.4, -0.2) is 11.1 Å². The van der Waals surface area contributed by atoms with E-state index in [2.05, 4.69) is 4.98 Å². The molecule has 2 N–H and O–H groups in total. The number of aromatic nitrogens is 1. The van der Waals surface area contributed by atoms with Crippen molar-refractivity contribution in [3.8, 4) is 0 Å². The molecule has 0 saturated heterocycles. The van der Waals surface area contributed by atoms with Crippen LogP contribution in [0, 0.1) is 0 Å². The van der Waals surface area contributed by atoms with E-state index in [0.717, 1.165) is 5.69 Å². The van der Waals surface area contributed by atoms with Gasteiger partial charge in [0.05, 0.1) is 12.7 Å². The summed E-state index contributed by atoms with van der Waals surface area (Å²) in [5, 5.41) is 0. The lowest BCUT2D eigenvalue weighted by molar-refractivity contribution is 0.0636. The number of nitrogen functional groups attached to an aromatic ring is 1. The summed E-state index contributed by atoms with van der Waals surface area (Å²) in [7, 11) is 0. The Labute approximate surface area is 65.4 Å². The van der Waals surface area contributed by atoms with Crippen LogP contribution in [0.2, 0.25) is 0 Å². The Morgan fingerprint density at radius 3 is 2.91 bits per heavy atom. The molecule has 1 heterocycles. The molecule has 1 rings (SSSR count). The first-order valence-electron chi connectivity index (χ1n) is 3.50. The predicted molar refractivity (Wildman–Crippen MR) is 40.8 cm³/mol. The molecule has 0 amide bonds. The van der Waals surface area contributed by atoms with Crippen LogP contribution in [0.3, 0.4) is 0 Å². The molecule has 11 heavy (non-hydrogen) atoms. The molecule has 0 aromatic carbocycles. The van der Waals surface area contributed by atoms with Crippen molar-refractivity contribution in [3.63, 3.8) is 0 Å². The fraction of sp³-hybridized carbons (Fsp3) is 0.571. The molecular formula is C7H12N2O2. The number of rotatable bonds is 3. The van der Waals surface area contributed by atoms with Crippen molar-refractivity contribution < 1.29 is 9.15 Å². The maximum absolute atomic E-state index is 5.26. The molecule has 0 bridgehead atoms. The fourth-order valence-corrected chi connectivity index (χ4v) is 0.641. The summed E-state index contributed by atoms with van der Waals surface area (Å²) >= 11 is 0. The Morgan fingerprint density at radius 2 is 2.45 bits per heavy atom. The molecule has 1 aromatic rings. The molecule has 0 unspecified atom stereocenters. The Hall–Kier alpha value is -1.03. The van der Waals surface area contributed by atoms with Crippen molar-refractivity contribution in [2.24, 2.45) is 0 Å². The molecule has 0 aliphatic carbocycles. The average molecular weight is 156 g/mol. The Kier molecular flexibility index (Phi) is 2.48. The third-order valence-corrected chi connectivity index (χ3v) is 1.13. The highest BCUT2D eigenvalue weighted by Gasteiger charge is 2.00. The molecule has 4 nitrogen and oxygen atoms in total. The number of oxazole rings is 1. The van der Waals surface area contributed by atoms with Gasteiger partial charge in [-0.3, -0.25) is 0 Å². The maximum atomic E-state index is 5.26. The minimum absolute atomic E-state index is 0.187. The lowest BCUT2D eigenvalue weighted by Gasteiger charge is -2.03. The molecule has 0 spiro atoms. The Morgan fingerprint density at radius 1 is 1.73 bits per heavy atom. The number of hydrogen-bond acceptors (Lipinski definition) is 4. The van der Waals surface area contributed by atoms with Crippen molar-refractivity contribution in [2.45, 2.75) is 26.6 Å². The topological polar surface area (TPSA) is 61.3 Å². The first-order chi connectivity index (χ1) is 5.18. The third-order valence-electron chi connectivity index (χ3n) is 1.13. The smallest absolute Gasteiger partial charge is 0.292 e. The van der Waals surface area contributed by atoms with Crippen molar-refractivity contribution in [1.29, 1.82) is 0 Å². The summed E-state index contributed by atoms with van der Waals surface area (Å²) < 4.78 is 10.0. The van der Waals surface area contributed by atoms with E-state index in [9.17, 15) is 0 Å². The largest absolute Gasteiger partial charge is 0.432 e. The molecule has 62 valence electrons. The van der Waals surface area contributed by atoms with Gasteiger partial charge in [0.15, 0.2) is 0 Å². The summed E-state index contributed by atoms with van der Waals surface area (Å²) in [5.74, 6) is 0. The van der Waals surface area contributed by atoms with Crippen molar-refractivity contribution in [1.82, 2.24) is 4.98 Å². The third kappa shape index (κ3) is 2.59. The number of anilines is 1. The number of ether oxygens (including phenoxy) is 1. The maximum Gasteiger partial charge on any atom is 0.292 e. The molecule has 0 aliphatic heterocycles. The predicted octanol–water partition coefficient (Wildman–Crippen LogP) is 1.18. The van der Waals surface area contributed by atoms with Crippen LogP contribution in [0.1, 0.15) is 19.5 Å². The Balaban J connectivity index is 2.39. The second-order valence-electron chi connectivity index (χ2n) is 2.54. The van der Waals surface area contributed by atoms with E-state index in [4.69, 9.17) is 14.9 Å². The zero-order valence-corrected chi connectivity index (χ0v) is 6.70. The van der Waals surface area contributed by atoms with Gasteiger partial charge in [-0.1, -0.05) is 0 Å². The molecule has 0 aliphatic rings. The van der Waals surface area contributed by atoms with E-state index in [1.165, 1.54) is 6.26 Å². The zero-order valence-electron chi connectivity index (χ0n) is 6.70. The van der Waals surface area contributed by atoms with E-state index in [-0.39, 0.29) is 12.1 Å². The van der Waals surface area contributed by atoms with Gasteiger partial charge in [0.2, 0.25) is 0 Å². The highest BCUT2D eigenvalue weighted by Crippen LogP contribution is 2.05. The number of hydrogen-bond donors (Lipinski definition) is 1. The average Bonchev–Trinajstić information content (AvgIpc) is 2.31. The van der Waals surface area contributed by atoms with Gasteiger partial charge >= 0.3 is 0 Å². The zero-order chi connectivity index (χ0) is 8.27. The van der Waals surface area contributed by atoms with Gasteiger partial charge in [-0.25, -0.2) is 0 Å². The number of nitrogens with two attached hydrogens (primary N) is 1. The van der Waals surface area contributed by atoms with E-state index < -0.39 is 0 Å². The normalized spacial score (nSPS) is 10.8. The molecule has 0 atom stereocenters. The second kappa shape index (κ2) is 3.39. The summed E-state index contributed by atoms with van der Waals surface area (Å²) in [6.07, 6.45) is 1.70. The summed E-state index contributed by atoms with van der Waals surface area (Å²) in [4.78, 5) is 3.87. The molecule has 1 aromatic heterocycles. The van der Waals surface area contributed by atoms with Gasteiger partial charge in [0.1, 0.15) is 12.0 Å². The monoisotopic (exact) mass is 156 g/mol. The standard InChI is InChI=1S/C7H12N2O2/c1-5(2)10-3-6-4-11-7(8)9-6/h4-5H,3H2,1-2H3,(H2,8,9). The van der Waals surface area contributed by atoms with Crippen LogP contribution in [0.15, 0.2) is 10.7 Å². The highest BCUT2D eigenvalue weighted by molar-refractivity contribution is 5.11. The van der Waals surface area contributed by atoms with E-state index >= 15 is 0 Å².